The number of carbonyl (C=O) groups is 1. The van der Waals surface area contributed by atoms with Gasteiger partial charge in [0.05, 0.1) is 0 Å². The number of aliphatic hydroxyl groups excluding tert-OH is 1. The summed E-state index contributed by atoms with van der Waals surface area (Å²) in [6.07, 6.45) is 4.53. The third kappa shape index (κ3) is 4.78. The van der Waals surface area contributed by atoms with E-state index >= 15 is 0 Å². The molecule has 38 heavy (non-hydrogen) atoms. The van der Waals surface area contributed by atoms with Crippen LogP contribution in [0.25, 0.3) is 0 Å². The lowest BCUT2D eigenvalue weighted by atomic mass is 10.1. The van der Waals surface area contributed by atoms with Crippen LogP contribution in [0.5, 0.6) is 5.88 Å². The number of aromatic nitrogens is 4. The fourth-order valence-corrected chi connectivity index (χ4v) is 5.37. The summed E-state index contributed by atoms with van der Waals surface area (Å²) in [6.45, 7) is 7.07. The number of hydrogen-bond donors (Lipinski definition) is 1. The van der Waals surface area contributed by atoms with E-state index in [9.17, 15) is 9.90 Å². The van der Waals surface area contributed by atoms with Crippen molar-refractivity contribution in [2.24, 2.45) is 0 Å². The minimum Gasteiger partial charge on any atom is -0.474 e. The number of benzene rings is 1. The van der Waals surface area contributed by atoms with Crippen molar-refractivity contribution in [1.29, 1.82) is 0 Å². The second-order valence-corrected chi connectivity index (χ2v) is 10.5. The molecule has 2 aromatic heterocycles. The van der Waals surface area contributed by atoms with Crippen LogP contribution in [0.2, 0.25) is 0 Å². The topological polar surface area (TPSA) is 121 Å². The highest BCUT2D eigenvalue weighted by Crippen LogP contribution is 2.37. The molecular weight excluding hydrogens is 486 g/mol. The van der Waals surface area contributed by atoms with E-state index in [-0.39, 0.29) is 17.9 Å². The van der Waals surface area contributed by atoms with Gasteiger partial charge in [0.1, 0.15) is 24.4 Å². The molecule has 11 nitrogen and oxygen atoms in total. The third-order valence-electron chi connectivity index (χ3n) is 7.53. The lowest BCUT2D eigenvalue weighted by Gasteiger charge is -2.30. The van der Waals surface area contributed by atoms with Gasteiger partial charge in [-0.3, -0.25) is 4.79 Å². The standard InChI is InChI=1S/C27H33N7O4/c1-17(2)25-30-27(38-31-25)32-11-8-20(9-12-32)37-24-15-23(28-16-29-24)34-13-7-18-14-19(5-6-21(18)34)33-10-3-4-22(35)26(33)36/h5-6,14-17,20,22,35H,3-4,7-13H2,1-2H3/t22-/m0/s1. The van der Waals surface area contributed by atoms with Gasteiger partial charge in [-0.2, -0.15) is 4.98 Å². The van der Waals surface area contributed by atoms with E-state index in [1.165, 1.54) is 0 Å². The van der Waals surface area contributed by atoms with E-state index in [4.69, 9.17) is 9.26 Å². The Balaban J connectivity index is 1.10. The van der Waals surface area contributed by atoms with Crippen LogP contribution in [0, 0.1) is 0 Å². The van der Waals surface area contributed by atoms with Gasteiger partial charge in [-0.1, -0.05) is 19.0 Å². The largest absolute Gasteiger partial charge is 0.474 e. The number of aliphatic hydroxyl groups is 1. The van der Waals surface area contributed by atoms with Crippen molar-refractivity contribution < 1.29 is 19.2 Å². The van der Waals surface area contributed by atoms with Gasteiger partial charge in [-0.25, -0.2) is 9.97 Å². The highest BCUT2D eigenvalue weighted by Gasteiger charge is 2.30. The van der Waals surface area contributed by atoms with Gasteiger partial charge in [0.25, 0.3) is 5.91 Å². The van der Waals surface area contributed by atoms with Crippen molar-refractivity contribution in [3.63, 3.8) is 0 Å². The quantitative estimate of drug-likeness (QED) is 0.520. The lowest BCUT2D eigenvalue weighted by Crippen LogP contribution is -2.44. The van der Waals surface area contributed by atoms with Crippen molar-refractivity contribution in [2.75, 3.05) is 40.9 Å². The summed E-state index contributed by atoms with van der Waals surface area (Å²) in [5.74, 6) is 2.09. The van der Waals surface area contributed by atoms with Gasteiger partial charge in [0.2, 0.25) is 5.88 Å². The number of ether oxygens (including phenoxy) is 1. The molecular formula is C27H33N7O4. The number of fused-ring (bicyclic) bond motifs is 1. The first-order chi connectivity index (χ1) is 18.5. The second-order valence-electron chi connectivity index (χ2n) is 10.5. The molecule has 0 saturated carbocycles. The summed E-state index contributed by atoms with van der Waals surface area (Å²) in [7, 11) is 0. The molecule has 11 heteroatoms. The molecule has 0 unspecified atom stereocenters. The summed E-state index contributed by atoms with van der Waals surface area (Å²) < 4.78 is 11.7. The van der Waals surface area contributed by atoms with Crippen molar-refractivity contribution in [2.45, 2.75) is 64.1 Å². The van der Waals surface area contributed by atoms with Crippen LogP contribution in [0.4, 0.5) is 23.2 Å². The van der Waals surface area contributed by atoms with Crippen molar-refractivity contribution >= 4 is 29.1 Å². The molecule has 6 rings (SSSR count). The summed E-state index contributed by atoms with van der Waals surface area (Å²) in [5, 5.41) is 14.1. The molecule has 0 radical (unpaired) electrons. The fourth-order valence-electron chi connectivity index (χ4n) is 5.37. The molecule has 2 saturated heterocycles. The van der Waals surface area contributed by atoms with Crippen LogP contribution in [-0.4, -0.2) is 69.5 Å². The molecule has 3 aliphatic heterocycles. The highest BCUT2D eigenvalue weighted by molar-refractivity contribution is 5.97. The predicted molar refractivity (Wildman–Crippen MR) is 141 cm³/mol. The molecule has 0 spiro atoms. The maximum atomic E-state index is 12.4. The molecule has 1 N–H and O–H groups in total. The first kappa shape index (κ1) is 24.6. The van der Waals surface area contributed by atoms with E-state index in [0.29, 0.717) is 24.9 Å². The van der Waals surface area contributed by atoms with Crippen LogP contribution in [0.3, 0.4) is 0 Å². The van der Waals surface area contributed by atoms with Gasteiger partial charge >= 0.3 is 6.01 Å². The Labute approximate surface area is 221 Å². The van der Waals surface area contributed by atoms with Gasteiger partial charge < -0.3 is 29.1 Å². The summed E-state index contributed by atoms with van der Waals surface area (Å²) in [6, 6.07) is 8.52. The van der Waals surface area contributed by atoms with E-state index < -0.39 is 6.10 Å². The molecule has 0 bridgehead atoms. The van der Waals surface area contributed by atoms with E-state index in [1.807, 2.05) is 32.0 Å². The zero-order valence-corrected chi connectivity index (χ0v) is 21.8. The van der Waals surface area contributed by atoms with Crippen molar-refractivity contribution in [3.05, 3.63) is 42.0 Å². The number of hydrogen-bond acceptors (Lipinski definition) is 10. The molecule has 3 aromatic rings. The second kappa shape index (κ2) is 10.2. The number of rotatable bonds is 6. The van der Waals surface area contributed by atoms with Crippen LogP contribution in [0.15, 0.2) is 35.1 Å². The van der Waals surface area contributed by atoms with E-state index in [1.54, 1.807) is 11.2 Å². The monoisotopic (exact) mass is 519 g/mol. The van der Waals surface area contributed by atoms with Gasteiger partial charge in [-0.15, -0.1) is 0 Å². The molecule has 1 aromatic carbocycles. The molecule has 2 fully saturated rings. The van der Waals surface area contributed by atoms with Crippen LogP contribution >= 0.6 is 0 Å². The Morgan fingerprint density at radius 1 is 1.05 bits per heavy atom. The van der Waals surface area contributed by atoms with E-state index in [2.05, 4.69) is 36.0 Å². The SMILES string of the molecule is CC(C)c1noc(N2CCC(Oc3cc(N4CCc5cc(N6CCC[C@H](O)C6=O)ccc54)ncn3)CC2)n1. The Bertz CT molecular complexity index is 1300. The lowest BCUT2D eigenvalue weighted by molar-refractivity contribution is -0.128. The Morgan fingerprint density at radius 2 is 1.89 bits per heavy atom. The van der Waals surface area contributed by atoms with Crippen molar-refractivity contribution in [3.8, 4) is 5.88 Å². The number of carbonyl (C=O) groups excluding carboxylic acids is 1. The highest BCUT2D eigenvalue weighted by atomic mass is 16.5. The maximum absolute atomic E-state index is 12.4. The minimum absolute atomic E-state index is 0.0485. The minimum atomic E-state index is -0.906. The Morgan fingerprint density at radius 3 is 2.68 bits per heavy atom. The van der Waals surface area contributed by atoms with E-state index in [0.717, 1.165) is 73.9 Å². The fraction of sp³-hybridized carbons (Fsp3) is 0.519. The molecule has 5 heterocycles. The third-order valence-corrected chi connectivity index (χ3v) is 7.53. The maximum Gasteiger partial charge on any atom is 0.324 e. The normalized spacial score (nSPS) is 20.4. The molecule has 200 valence electrons. The van der Waals surface area contributed by atoms with Crippen LogP contribution in [-0.2, 0) is 11.2 Å². The number of anilines is 4. The number of piperidine rings is 2. The summed E-state index contributed by atoms with van der Waals surface area (Å²) in [5.41, 5.74) is 3.07. The smallest absolute Gasteiger partial charge is 0.324 e. The van der Waals surface area contributed by atoms with Crippen LogP contribution < -0.4 is 19.4 Å². The van der Waals surface area contributed by atoms with Gasteiger partial charge in [0, 0.05) is 62.4 Å². The van der Waals surface area contributed by atoms with Crippen molar-refractivity contribution in [1.82, 2.24) is 20.1 Å². The first-order valence-electron chi connectivity index (χ1n) is 13.4. The molecule has 1 atom stereocenters. The number of amides is 1. The van der Waals surface area contributed by atoms with Gasteiger partial charge in [-0.05, 0) is 43.0 Å². The molecule has 0 aliphatic carbocycles. The Hall–Kier alpha value is -3.73. The molecule has 3 aliphatic rings. The number of nitrogens with zero attached hydrogens (tertiary/aromatic N) is 7. The molecule has 1 amide bonds. The average Bonchev–Trinajstić information content (AvgIpc) is 3.59. The summed E-state index contributed by atoms with van der Waals surface area (Å²) in [4.78, 5) is 31.8. The first-order valence-corrected chi connectivity index (χ1v) is 13.4. The zero-order valence-electron chi connectivity index (χ0n) is 21.8. The Kier molecular flexibility index (Phi) is 6.61. The van der Waals surface area contributed by atoms with Gasteiger partial charge in [0.15, 0.2) is 5.82 Å². The summed E-state index contributed by atoms with van der Waals surface area (Å²) >= 11 is 0. The average molecular weight is 520 g/mol. The zero-order chi connectivity index (χ0) is 26.2. The van der Waals surface area contributed by atoms with Crippen LogP contribution in [0.1, 0.15) is 56.8 Å². The predicted octanol–water partition coefficient (Wildman–Crippen LogP) is 3.21.